The van der Waals surface area contributed by atoms with Crippen LogP contribution in [0.4, 0.5) is 0 Å². The Balaban J connectivity index is 1.29. The van der Waals surface area contributed by atoms with Crippen molar-refractivity contribution < 1.29 is 4.74 Å². The number of fused-ring (bicyclic) bond motifs is 1. The Morgan fingerprint density at radius 3 is 1.90 bits per heavy atom. The summed E-state index contributed by atoms with van der Waals surface area (Å²) < 4.78 is 6.19. The highest BCUT2D eigenvalue weighted by Gasteiger charge is 2.38. The number of hydrogen-bond acceptors (Lipinski definition) is 1. The van der Waals surface area contributed by atoms with Crippen LogP contribution in [0.2, 0.25) is 0 Å². The summed E-state index contributed by atoms with van der Waals surface area (Å²) >= 11 is 0. The molecule has 3 aliphatic carbocycles. The molecule has 29 heavy (non-hydrogen) atoms. The van der Waals surface area contributed by atoms with E-state index in [0.29, 0.717) is 6.10 Å². The lowest BCUT2D eigenvalue weighted by atomic mass is 9.62. The summed E-state index contributed by atoms with van der Waals surface area (Å²) in [6.07, 6.45) is 28.5. The van der Waals surface area contributed by atoms with Gasteiger partial charge in [0.25, 0.3) is 0 Å². The summed E-state index contributed by atoms with van der Waals surface area (Å²) in [6.45, 7) is 5.59. The van der Waals surface area contributed by atoms with Gasteiger partial charge in [-0.15, -0.1) is 0 Å². The molecule has 0 N–H and O–H groups in total. The summed E-state index contributed by atoms with van der Waals surface area (Å²) in [6, 6.07) is 0. The first kappa shape index (κ1) is 23.6. The van der Waals surface area contributed by atoms with Crippen molar-refractivity contribution in [2.75, 3.05) is 6.61 Å². The first-order valence-corrected chi connectivity index (χ1v) is 13.9. The normalized spacial score (nSPS) is 35.4. The third-order valence-corrected chi connectivity index (χ3v) is 8.98. The molecule has 0 aliphatic heterocycles. The molecule has 3 rings (SSSR count). The molecule has 0 amide bonds. The highest BCUT2D eigenvalue weighted by atomic mass is 16.5. The van der Waals surface area contributed by atoms with Crippen LogP contribution in [0.25, 0.3) is 0 Å². The molecule has 4 unspecified atom stereocenters. The molecule has 0 aromatic carbocycles. The second kappa shape index (κ2) is 13.4. The molecule has 170 valence electrons. The molecule has 3 saturated carbocycles. The monoisotopic (exact) mass is 404 g/mol. The summed E-state index contributed by atoms with van der Waals surface area (Å²) in [5.41, 5.74) is 0. The fraction of sp³-hybridized carbons (Fsp3) is 1.00. The van der Waals surface area contributed by atoms with Crippen molar-refractivity contribution in [3.05, 3.63) is 0 Å². The van der Waals surface area contributed by atoms with Gasteiger partial charge in [-0.25, -0.2) is 0 Å². The molecule has 0 radical (unpaired) electrons. The van der Waals surface area contributed by atoms with Gasteiger partial charge in [0.15, 0.2) is 0 Å². The van der Waals surface area contributed by atoms with Crippen LogP contribution in [0, 0.1) is 29.6 Å². The van der Waals surface area contributed by atoms with Gasteiger partial charge in [0.1, 0.15) is 0 Å². The van der Waals surface area contributed by atoms with Gasteiger partial charge in [-0.1, -0.05) is 78.1 Å². The van der Waals surface area contributed by atoms with Crippen LogP contribution in [-0.2, 0) is 4.74 Å². The van der Waals surface area contributed by atoms with E-state index in [0.717, 1.165) is 36.2 Å². The van der Waals surface area contributed by atoms with Crippen molar-refractivity contribution in [3.8, 4) is 0 Å². The quantitative estimate of drug-likeness (QED) is 0.295. The van der Waals surface area contributed by atoms with Gasteiger partial charge < -0.3 is 4.74 Å². The van der Waals surface area contributed by atoms with Gasteiger partial charge in [0.05, 0.1) is 6.10 Å². The van der Waals surface area contributed by atoms with Crippen LogP contribution in [0.5, 0.6) is 0 Å². The maximum Gasteiger partial charge on any atom is 0.0578 e. The SMILES string of the molecule is CCCCCCCCC1CCC(C2CCC3CC(OCCCC)CCC3C2)CC1. The van der Waals surface area contributed by atoms with Gasteiger partial charge in [0.2, 0.25) is 0 Å². The summed E-state index contributed by atoms with van der Waals surface area (Å²) in [5, 5.41) is 0. The van der Waals surface area contributed by atoms with Gasteiger partial charge >= 0.3 is 0 Å². The lowest BCUT2D eigenvalue weighted by molar-refractivity contribution is -0.0263. The van der Waals surface area contributed by atoms with Gasteiger partial charge in [-0.2, -0.15) is 0 Å². The molecule has 1 nitrogen and oxygen atoms in total. The zero-order valence-electron chi connectivity index (χ0n) is 20.0. The lowest BCUT2D eigenvalue weighted by Crippen LogP contribution is -2.36. The molecule has 0 spiro atoms. The van der Waals surface area contributed by atoms with E-state index in [4.69, 9.17) is 4.74 Å². The second-order valence-corrected chi connectivity index (χ2v) is 11.1. The lowest BCUT2D eigenvalue weighted by Gasteiger charge is -2.45. The molecular weight excluding hydrogens is 352 g/mol. The van der Waals surface area contributed by atoms with Crippen LogP contribution in [0.15, 0.2) is 0 Å². The third-order valence-electron chi connectivity index (χ3n) is 8.98. The highest BCUT2D eigenvalue weighted by Crippen LogP contribution is 2.48. The third kappa shape index (κ3) is 7.86. The molecule has 4 atom stereocenters. The van der Waals surface area contributed by atoms with Crippen molar-refractivity contribution in [1.29, 1.82) is 0 Å². The number of unbranched alkanes of at least 4 members (excludes halogenated alkanes) is 6. The predicted octanol–water partition coefficient (Wildman–Crippen LogP) is 8.95. The largest absolute Gasteiger partial charge is 0.378 e. The Bertz CT molecular complexity index is 411. The van der Waals surface area contributed by atoms with Crippen LogP contribution >= 0.6 is 0 Å². The van der Waals surface area contributed by atoms with Crippen molar-refractivity contribution in [2.45, 2.75) is 142 Å². The highest BCUT2D eigenvalue weighted by molar-refractivity contribution is 4.89. The van der Waals surface area contributed by atoms with Crippen molar-refractivity contribution in [2.24, 2.45) is 29.6 Å². The minimum absolute atomic E-state index is 0.594. The van der Waals surface area contributed by atoms with Crippen LogP contribution in [-0.4, -0.2) is 12.7 Å². The van der Waals surface area contributed by atoms with E-state index in [1.54, 1.807) is 32.1 Å². The summed E-state index contributed by atoms with van der Waals surface area (Å²) in [4.78, 5) is 0. The van der Waals surface area contributed by atoms with E-state index >= 15 is 0 Å². The molecular formula is C28H52O. The van der Waals surface area contributed by atoms with Crippen molar-refractivity contribution in [3.63, 3.8) is 0 Å². The number of ether oxygens (including phenoxy) is 1. The maximum absolute atomic E-state index is 6.19. The number of rotatable bonds is 12. The standard InChI is InChI=1S/C28H52O/c1-3-5-7-8-9-10-11-23-12-14-24(15-13-23)25-16-17-27-22-28(29-20-6-4-2)19-18-26(27)21-25/h23-28H,3-22H2,1-2H3. The zero-order chi connectivity index (χ0) is 20.3. The van der Waals surface area contributed by atoms with E-state index in [9.17, 15) is 0 Å². The van der Waals surface area contributed by atoms with Crippen molar-refractivity contribution >= 4 is 0 Å². The molecule has 3 aliphatic rings. The molecule has 0 aromatic heterocycles. The van der Waals surface area contributed by atoms with Crippen LogP contribution < -0.4 is 0 Å². The fourth-order valence-electron chi connectivity index (χ4n) is 7.02. The average molecular weight is 405 g/mol. The maximum atomic E-state index is 6.19. The van der Waals surface area contributed by atoms with E-state index in [-0.39, 0.29) is 0 Å². The van der Waals surface area contributed by atoms with Gasteiger partial charge in [-0.3, -0.25) is 0 Å². The van der Waals surface area contributed by atoms with Gasteiger partial charge in [0, 0.05) is 6.61 Å². The average Bonchev–Trinajstić information content (AvgIpc) is 2.76. The molecule has 0 heterocycles. The Kier molecular flexibility index (Phi) is 10.9. The predicted molar refractivity (Wildman–Crippen MR) is 126 cm³/mol. The van der Waals surface area contributed by atoms with Crippen molar-refractivity contribution in [1.82, 2.24) is 0 Å². The Morgan fingerprint density at radius 1 is 0.552 bits per heavy atom. The molecule has 1 heteroatoms. The minimum atomic E-state index is 0.594. The zero-order valence-corrected chi connectivity index (χ0v) is 20.0. The topological polar surface area (TPSA) is 9.23 Å². The van der Waals surface area contributed by atoms with E-state index in [1.165, 1.54) is 89.9 Å². The molecule has 0 aromatic rings. The smallest absolute Gasteiger partial charge is 0.0578 e. The second-order valence-electron chi connectivity index (χ2n) is 11.1. The Hall–Kier alpha value is -0.0400. The van der Waals surface area contributed by atoms with E-state index < -0.39 is 0 Å². The summed E-state index contributed by atoms with van der Waals surface area (Å²) in [5.74, 6) is 5.26. The first-order chi connectivity index (χ1) is 14.3. The van der Waals surface area contributed by atoms with E-state index in [2.05, 4.69) is 13.8 Å². The summed E-state index contributed by atoms with van der Waals surface area (Å²) in [7, 11) is 0. The number of hydrogen-bond donors (Lipinski definition) is 0. The minimum Gasteiger partial charge on any atom is -0.378 e. The molecule has 0 saturated heterocycles. The fourth-order valence-corrected chi connectivity index (χ4v) is 7.02. The Morgan fingerprint density at radius 2 is 1.14 bits per heavy atom. The van der Waals surface area contributed by atoms with Gasteiger partial charge in [-0.05, 0) is 87.4 Å². The van der Waals surface area contributed by atoms with Crippen LogP contribution in [0.1, 0.15) is 136 Å². The Labute approximate surface area is 183 Å². The van der Waals surface area contributed by atoms with E-state index in [1.807, 2.05) is 0 Å². The first-order valence-electron chi connectivity index (χ1n) is 13.9. The molecule has 3 fully saturated rings. The van der Waals surface area contributed by atoms with Crippen LogP contribution in [0.3, 0.4) is 0 Å². The molecule has 0 bridgehead atoms.